The van der Waals surface area contributed by atoms with E-state index in [9.17, 15) is 9.90 Å². The Morgan fingerprint density at radius 3 is 2.90 bits per heavy atom. The lowest BCUT2D eigenvalue weighted by Crippen LogP contribution is -2.63. The minimum atomic E-state index is -0.690. The van der Waals surface area contributed by atoms with Crippen LogP contribution in [0.1, 0.15) is 28.7 Å². The summed E-state index contributed by atoms with van der Waals surface area (Å²) >= 11 is 3.05. The third kappa shape index (κ3) is 2.28. The van der Waals surface area contributed by atoms with Gasteiger partial charge in [-0.25, -0.2) is 4.98 Å². The molecule has 0 aliphatic carbocycles. The zero-order valence-electron chi connectivity index (χ0n) is 11.4. The van der Waals surface area contributed by atoms with Crippen LogP contribution in [0.5, 0.6) is 0 Å². The lowest BCUT2D eigenvalue weighted by Gasteiger charge is -2.45. The molecule has 4 nitrogen and oxygen atoms in total. The van der Waals surface area contributed by atoms with Gasteiger partial charge in [-0.1, -0.05) is 6.92 Å². The lowest BCUT2D eigenvalue weighted by molar-refractivity contribution is -0.0825. The number of likely N-dealkylation sites (tertiary alicyclic amines) is 1. The number of hydrogen-bond donors (Lipinski definition) is 1. The van der Waals surface area contributed by atoms with Crippen molar-refractivity contribution in [3.63, 3.8) is 0 Å². The monoisotopic (exact) mass is 308 g/mol. The van der Waals surface area contributed by atoms with Gasteiger partial charge in [0, 0.05) is 10.9 Å². The van der Waals surface area contributed by atoms with Crippen LogP contribution >= 0.6 is 22.7 Å². The van der Waals surface area contributed by atoms with Gasteiger partial charge in [-0.05, 0) is 24.8 Å². The number of amides is 1. The number of carbonyl (C=O) groups excluding carboxylic acids is 1. The molecule has 0 atom stereocenters. The molecule has 106 valence electrons. The Labute approximate surface area is 125 Å². The van der Waals surface area contributed by atoms with E-state index in [1.807, 2.05) is 30.7 Å². The third-order valence-corrected chi connectivity index (χ3v) is 5.55. The molecule has 0 spiro atoms. The first-order valence-electron chi connectivity index (χ1n) is 6.54. The molecule has 2 aromatic rings. The van der Waals surface area contributed by atoms with Gasteiger partial charge in [0.05, 0.1) is 24.4 Å². The second kappa shape index (κ2) is 4.95. The van der Waals surface area contributed by atoms with Crippen molar-refractivity contribution in [2.75, 3.05) is 13.1 Å². The first kappa shape index (κ1) is 13.7. The Morgan fingerprint density at radius 2 is 2.30 bits per heavy atom. The highest BCUT2D eigenvalue weighted by Crippen LogP contribution is 2.32. The standard InChI is InChI=1S/C14H16N2O2S2/c1-3-14(18)7-16(8-14)13(17)11-9(2)15-12(20-11)10-4-5-19-6-10/h4-6,18H,3,7-8H2,1-2H3. The van der Waals surface area contributed by atoms with E-state index in [-0.39, 0.29) is 5.91 Å². The highest BCUT2D eigenvalue weighted by Gasteiger charge is 2.43. The SMILES string of the molecule is CCC1(O)CN(C(=O)c2sc(-c3ccsc3)nc2C)C1. The smallest absolute Gasteiger partial charge is 0.266 e. The molecule has 20 heavy (non-hydrogen) atoms. The predicted molar refractivity (Wildman–Crippen MR) is 81.3 cm³/mol. The van der Waals surface area contributed by atoms with Crippen molar-refractivity contribution in [1.29, 1.82) is 0 Å². The van der Waals surface area contributed by atoms with Crippen LogP contribution in [0.2, 0.25) is 0 Å². The molecular formula is C14H16N2O2S2. The van der Waals surface area contributed by atoms with Crippen LogP contribution in [0.3, 0.4) is 0 Å². The molecular weight excluding hydrogens is 292 g/mol. The molecule has 1 N–H and O–H groups in total. The Bertz CT molecular complexity index is 628. The molecule has 0 unspecified atom stereocenters. The van der Waals surface area contributed by atoms with Gasteiger partial charge in [-0.3, -0.25) is 4.79 Å². The van der Waals surface area contributed by atoms with Crippen LogP contribution in [0.4, 0.5) is 0 Å². The van der Waals surface area contributed by atoms with Gasteiger partial charge in [0.1, 0.15) is 9.88 Å². The van der Waals surface area contributed by atoms with Crippen molar-refractivity contribution >= 4 is 28.6 Å². The van der Waals surface area contributed by atoms with E-state index in [2.05, 4.69) is 4.98 Å². The number of rotatable bonds is 3. The summed E-state index contributed by atoms with van der Waals surface area (Å²) in [5.41, 5.74) is 1.15. The zero-order chi connectivity index (χ0) is 14.3. The summed E-state index contributed by atoms with van der Waals surface area (Å²) in [7, 11) is 0. The van der Waals surface area contributed by atoms with Crippen molar-refractivity contribution in [3.8, 4) is 10.6 Å². The highest BCUT2D eigenvalue weighted by atomic mass is 32.1. The van der Waals surface area contributed by atoms with Crippen LogP contribution in [-0.4, -0.2) is 39.6 Å². The maximum Gasteiger partial charge on any atom is 0.266 e. The number of carbonyl (C=O) groups is 1. The zero-order valence-corrected chi connectivity index (χ0v) is 13.1. The van der Waals surface area contributed by atoms with Crippen LogP contribution in [0, 0.1) is 6.92 Å². The van der Waals surface area contributed by atoms with Gasteiger partial charge in [0.15, 0.2) is 0 Å². The van der Waals surface area contributed by atoms with Crippen molar-refractivity contribution in [1.82, 2.24) is 9.88 Å². The quantitative estimate of drug-likeness (QED) is 0.948. The van der Waals surface area contributed by atoms with Crippen molar-refractivity contribution < 1.29 is 9.90 Å². The average Bonchev–Trinajstić information content (AvgIpc) is 3.03. The van der Waals surface area contributed by atoms with Gasteiger partial charge < -0.3 is 10.0 Å². The van der Waals surface area contributed by atoms with E-state index >= 15 is 0 Å². The Hall–Kier alpha value is -1.24. The topological polar surface area (TPSA) is 53.4 Å². The first-order chi connectivity index (χ1) is 9.52. The molecule has 1 aliphatic rings. The molecule has 3 heterocycles. The van der Waals surface area contributed by atoms with Crippen LogP contribution < -0.4 is 0 Å². The fourth-order valence-electron chi connectivity index (χ4n) is 2.28. The van der Waals surface area contributed by atoms with Crippen molar-refractivity contribution in [2.24, 2.45) is 0 Å². The number of thiophene rings is 1. The van der Waals surface area contributed by atoms with Gasteiger partial charge in [0.25, 0.3) is 5.91 Å². The summed E-state index contributed by atoms with van der Waals surface area (Å²) in [5.74, 6) is -0.0143. The van der Waals surface area contributed by atoms with Gasteiger partial charge in [-0.2, -0.15) is 11.3 Å². The number of nitrogens with zero attached hydrogens (tertiary/aromatic N) is 2. The number of hydrogen-bond acceptors (Lipinski definition) is 5. The van der Waals surface area contributed by atoms with Gasteiger partial charge in [-0.15, -0.1) is 11.3 Å². The molecule has 0 bridgehead atoms. The molecule has 1 fully saturated rings. The highest BCUT2D eigenvalue weighted by molar-refractivity contribution is 7.17. The molecule has 6 heteroatoms. The summed E-state index contributed by atoms with van der Waals surface area (Å²) in [6, 6.07) is 2.01. The van der Waals surface area contributed by atoms with Crippen molar-refractivity contribution in [3.05, 3.63) is 27.4 Å². The van der Waals surface area contributed by atoms with E-state index in [4.69, 9.17) is 0 Å². The predicted octanol–water partition coefficient (Wildman–Crippen LogP) is 2.78. The van der Waals surface area contributed by atoms with E-state index < -0.39 is 5.60 Å². The third-order valence-electron chi connectivity index (χ3n) is 3.67. The molecule has 1 amide bonds. The summed E-state index contributed by atoms with van der Waals surface area (Å²) < 4.78 is 0. The number of β-amino-alcohol motifs (C(OH)–C–C–N with tert-alkyl or cyclic N) is 1. The Balaban J connectivity index is 1.80. The van der Waals surface area contributed by atoms with Crippen LogP contribution in [0.25, 0.3) is 10.6 Å². The number of aromatic nitrogens is 1. The fourth-order valence-corrected chi connectivity index (χ4v) is 4.03. The maximum atomic E-state index is 12.4. The average molecular weight is 308 g/mol. The summed E-state index contributed by atoms with van der Waals surface area (Å²) in [6.07, 6.45) is 0.679. The molecule has 2 aromatic heterocycles. The normalized spacial score (nSPS) is 17.1. The van der Waals surface area contributed by atoms with Crippen LogP contribution in [0.15, 0.2) is 16.8 Å². The molecule has 0 saturated carbocycles. The largest absolute Gasteiger partial charge is 0.386 e. The fraction of sp³-hybridized carbons (Fsp3) is 0.429. The van der Waals surface area contributed by atoms with E-state index in [0.29, 0.717) is 24.4 Å². The van der Waals surface area contributed by atoms with Gasteiger partial charge >= 0.3 is 0 Å². The molecule has 1 saturated heterocycles. The minimum absolute atomic E-state index is 0.0143. The Morgan fingerprint density at radius 1 is 1.55 bits per heavy atom. The number of aryl methyl sites for hydroxylation is 1. The summed E-state index contributed by atoms with van der Waals surface area (Å²) in [4.78, 5) is 19.3. The first-order valence-corrected chi connectivity index (χ1v) is 8.30. The van der Waals surface area contributed by atoms with Gasteiger partial charge in [0.2, 0.25) is 0 Å². The minimum Gasteiger partial charge on any atom is -0.386 e. The van der Waals surface area contributed by atoms with Crippen LogP contribution in [-0.2, 0) is 0 Å². The second-order valence-electron chi connectivity index (χ2n) is 5.18. The molecule has 1 aliphatic heterocycles. The number of thiazole rings is 1. The second-order valence-corrected chi connectivity index (χ2v) is 6.96. The van der Waals surface area contributed by atoms with E-state index in [1.165, 1.54) is 11.3 Å². The van der Waals surface area contributed by atoms with E-state index in [1.54, 1.807) is 16.2 Å². The molecule has 0 aromatic carbocycles. The molecule has 3 rings (SSSR count). The summed E-state index contributed by atoms with van der Waals surface area (Å²) in [6.45, 7) is 4.65. The van der Waals surface area contributed by atoms with Crippen molar-refractivity contribution in [2.45, 2.75) is 25.9 Å². The Kier molecular flexibility index (Phi) is 3.40. The summed E-state index contributed by atoms with van der Waals surface area (Å²) in [5, 5.41) is 14.9. The lowest BCUT2D eigenvalue weighted by atomic mass is 9.91. The van der Waals surface area contributed by atoms with E-state index in [0.717, 1.165) is 16.3 Å². The molecule has 0 radical (unpaired) electrons. The number of aliphatic hydroxyl groups is 1. The maximum absolute atomic E-state index is 12.4.